The van der Waals surface area contributed by atoms with Crippen LogP contribution < -0.4 is 0 Å². The first-order valence-corrected chi connectivity index (χ1v) is 12.8. The van der Waals surface area contributed by atoms with Crippen LogP contribution >= 0.6 is 19.8 Å². The summed E-state index contributed by atoms with van der Waals surface area (Å²) in [6.07, 6.45) is 2.67. The number of rotatable bonds is 7. The molecule has 6 heteroatoms. The molecule has 0 aromatic heterocycles. The molecule has 0 saturated heterocycles. The third-order valence-electron chi connectivity index (χ3n) is 3.78. The van der Waals surface area contributed by atoms with Crippen LogP contribution in [0, 0.1) is 15.3 Å². The Morgan fingerprint density at radius 3 is 2.38 bits per heavy atom. The fraction of sp³-hybridized carbons (Fsp3) is 0.261. The van der Waals surface area contributed by atoms with Crippen LogP contribution in [-0.4, -0.2) is 3.72 Å². The van der Waals surface area contributed by atoms with E-state index < -0.39 is 37.4 Å². The van der Waals surface area contributed by atoms with Crippen LogP contribution in [0.3, 0.4) is 0 Å². The van der Waals surface area contributed by atoms with Gasteiger partial charge in [-0.3, -0.25) is 0 Å². The predicted molar refractivity (Wildman–Crippen MR) is 120 cm³/mol. The van der Waals surface area contributed by atoms with Crippen molar-refractivity contribution in [3.63, 3.8) is 0 Å². The molecule has 2 aromatic rings. The van der Waals surface area contributed by atoms with Crippen molar-refractivity contribution in [1.29, 1.82) is 0 Å². The van der Waals surface area contributed by atoms with Gasteiger partial charge in [0.1, 0.15) is 0 Å². The molecule has 0 bridgehead atoms. The van der Waals surface area contributed by atoms with E-state index in [1.165, 1.54) is 6.07 Å². The molecule has 1 nitrogen and oxygen atoms in total. The first-order chi connectivity index (χ1) is 13.7. The van der Waals surface area contributed by atoms with Gasteiger partial charge in [0.2, 0.25) is 0 Å². The average Bonchev–Trinajstić information content (AvgIpc) is 2.66. The number of hydrogen-bond donors (Lipinski definition) is 0. The SMILES string of the molecule is C/C=C/N=C(/C=C\C(C)C)I(Cc1ccccc1)c1cc(F)cc(C(F)(F)F)c1. The van der Waals surface area contributed by atoms with Crippen LogP contribution in [0.2, 0.25) is 0 Å². The average molecular weight is 517 g/mol. The van der Waals surface area contributed by atoms with E-state index in [0.29, 0.717) is 14.1 Å². The molecule has 0 saturated carbocycles. The molecule has 0 fully saturated rings. The number of allylic oxidation sites excluding steroid dienone is 3. The summed E-state index contributed by atoms with van der Waals surface area (Å²) < 4.78 is 55.7. The van der Waals surface area contributed by atoms with Crippen LogP contribution in [0.5, 0.6) is 0 Å². The Bertz CT molecular complexity index is 883. The molecule has 2 aromatic carbocycles. The van der Waals surface area contributed by atoms with E-state index in [4.69, 9.17) is 0 Å². The third kappa shape index (κ3) is 7.42. The van der Waals surface area contributed by atoms with Gasteiger partial charge in [0, 0.05) is 0 Å². The number of benzene rings is 2. The van der Waals surface area contributed by atoms with Gasteiger partial charge in [-0.1, -0.05) is 0 Å². The van der Waals surface area contributed by atoms with Crippen LogP contribution in [0.15, 0.2) is 78.0 Å². The van der Waals surface area contributed by atoms with E-state index in [-0.39, 0.29) is 5.92 Å². The first kappa shape index (κ1) is 23.3. The zero-order valence-electron chi connectivity index (χ0n) is 16.5. The minimum absolute atomic E-state index is 0.262. The van der Waals surface area contributed by atoms with E-state index in [1.54, 1.807) is 12.3 Å². The second kappa shape index (κ2) is 10.7. The fourth-order valence-corrected chi connectivity index (χ4v) is 7.81. The molecule has 0 unspecified atom stereocenters. The van der Waals surface area contributed by atoms with E-state index in [9.17, 15) is 17.6 Å². The van der Waals surface area contributed by atoms with Gasteiger partial charge in [-0.05, 0) is 0 Å². The molecule has 0 aliphatic rings. The van der Waals surface area contributed by atoms with Crippen molar-refractivity contribution in [2.24, 2.45) is 10.9 Å². The predicted octanol–water partition coefficient (Wildman–Crippen LogP) is 7.87. The third-order valence-corrected chi connectivity index (χ3v) is 9.53. The Morgan fingerprint density at radius 1 is 1.10 bits per heavy atom. The van der Waals surface area contributed by atoms with Crippen LogP contribution in [-0.2, 0) is 10.6 Å². The zero-order chi connectivity index (χ0) is 21.4. The summed E-state index contributed by atoms with van der Waals surface area (Å²) in [6, 6.07) is 12.4. The van der Waals surface area contributed by atoms with E-state index in [2.05, 4.69) is 4.99 Å². The molecule has 0 heterocycles. The molecule has 0 aliphatic heterocycles. The summed E-state index contributed by atoms with van der Waals surface area (Å²) in [4.78, 5) is 4.52. The zero-order valence-corrected chi connectivity index (χ0v) is 18.7. The molecule has 0 aliphatic carbocycles. The Morgan fingerprint density at radius 2 is 1.79 bits per heavy atom. The summed E-state index contributed by atoms with van der Waals surface area (Å²) in [5.74, 6) is -0.609. The van der Waals surface area contributed by atoms with Crippen LogP contribution in [0.4, 0.5) is 17.6 Å². The van der Waals surface area contributed by atoms with Gasteiger partial charge in [-0.25, -0.2) is 0 Å². The van der Waals surface area contributed by atoms with Crippen molar-refractivity contribution in [1.82, 2.24) is 0 Å². The summed E-state index contributed by atoms with van der Waals surface area (Å²) >= 11 is -2.50. The maximum absolute atomic E-state index is 14.1. The van der Waals surface area contributed by atoms with Crippen molar-refractivity contribution in [2.75, 3.05) is 0 Å². The van der Waals surface area contributed by atoms with Crippen molar-refractivity contribution >= 4 is 23.5 Å². The quantitative estimate of drug-likeness (QED) is 0.154. The molecule has 29 heavy (non-hydrogen) atoms. The fourth-order valence-electron chi connectivity index (χ4n) is 2.42. The Balaban J connectivity index is 2.62. The van der Waals surface area contributed by atoms with Gasteiger partial charge >= 0.3 is 177 Å². The van der Waals surface area contributed by atoms with Crippen LogP contribution in [0.25, 0.3) is 0 Å². The molecule has 0 N–H and O–H groups in total. The number of hydrogen-bond acceptors (Lipinski definition) is 1. The maximum atomic E-state index is 14.1. The molecule has 0 spiro atoms. The summed E-state index contributed by atoms with van der Waals surface area (Å²) in [5, 5.41) is 0. The topological polar surface area (TPSA) is 12.4 Å². The van der Waals surface area contributed by atoms with Gasteiger partial charge in [0.05, 0.1) is 0 Å². The molecule has 0 amide bonds. The van der Waals surface area contributed by atoms with Gasteiger partial charge in [0.15, 0.2) is 0 Å². The molecule has 156 valence electrons. The second-order valence-corrected chi connectivity index (χ2v) is 11.9. The summed E-state index contributed by atoms with van der Waals surface area (Å²) in [6.45, 7) is 5.86. The van der Waals surface area contributed by atoms with Crippen molar-refractivity contribution in [2.45, 2.75) is 31.4 Å². The van der Waals surface area contributed by atoms with Gasteiger partial charge in [-0.2, -0.15) is 0 Å². The molecular formula is C23H24F4IN. The van der Waals surface area contributed by atoms with Crippen molar-refractivity contribution in [3.8, 4) is 0 Å². The second-order valence-electron chi connectivity index (χ2n) is 6.67. The van der Waals surface area contributed by atoms with E-state index in [1.807, 2.05) is 63.3 Å². The van der Waals surface area contributed by atoms with Gasteiger partial charge in [-0.15, -0.1) is 0 Å². The minimum atomic E-state index is -4.60. The number of alkyl halides is 4. The van der Waals surface area contributed by atoms with Gasteiger partial charge in [0.25, 0.3) is 0 Å². The Labute approximate surface area is 176 Å². The van der Waals surface area contributed by atoms with Crippen LogP contribution in [0.1, 0.15) is 31.9 Å². The normalized spacial score (nSPS) is 13.7. The molecule has 2 rings (SSSR count). The molecule has 0 atom stereocenters. The Kier molecular flexibility index (Phi) is 8.61. The van der Waals surface area contributed by atoms with E-state index in [0.717, 1.165) is 15.3 Å². The number of nitrogens with zero attached hydrogens (tertiary/aromatic N) is 1. The number of halogens is 5. The van der Waals surface area contributed by atoms with Gasteiger partial charge < -0.3 is 0 Å². The van der Waals surface area contributed by atoms with Crippen molar-refractivity contribution in [3.05, 3.63) is 93.5 Å². The molecular weight excluding hydrogens is 493 g/mol. The number of aliphatic imine (C=N–C) groups is 1. The monoisotopic (exact) mass is 517 g/mol. The Hall–Kier alpha value is -1.96. The first-order valence-electron chi connectivity index (χ1n) is 9.15. The summed E-state index contributed by atoms with van der Waals surface area (Å²) in [7, 11) is 0. The van der Waals surface area contributed by atoms with E-state index >= 15 is 0 Å². The van der Waals surface area contributed by atoms with Crippen molar-refractivity contribution < 1.29 is 17.6 Å². The standard InChI is InChI=1S/C23H24F4IN/c1-4-12-29-22(11-10-17(2)3)28(16-18-8-6-5-7-9-18)21-14-19(23(25,26)27)13-20(24)15-21/h4-15,17H,16H2,1-3H3/b11-10-,12-4+,29-22-. The molecule has 0 radical (unpaired) electrons. The summed E-state index contributed by atoms with van der Waals surface area (Å²) in [5.41, 5.74) is 0.0442.